The fourth-order valence-corrected chi connectivity index (χ4v) is 1.73. The molecule has 0 atom stereocenters. The van der Waals surface area contributed by atoms with E-state index in [0.29, 0.717) is 28.6 Å². The molecule has 20 heavy (non-hydrogen) atoms. The van der Waals surface area contributed by atoms with Crippen molar-refractivity contribution in [3.63, 3.8) is 0 Å². The Morgan fingerprint density at radius 3 is 2.30 bits per heavy atom. The number of amides is 1. The number of rotatable bonds is 4. The van der Waals surface area contributed by atoms with Gasteiger partial charge >= 0.3 is 0 Å². The molecule has 0 aliphatic carbocycles. The van der Waals surface area contributed by atoms with Crippen LogP contribution in [0.5, 0.6) is 11.5 Å². The summed E-state index contributed by atoms with van der Waals surface area (Å²) in [6, 6.07) is 8.40. The van der Waals surface area contributed by atoms with Crippen LogP contribution in [0.3, 0.4) is 0 Å². The summed E-state index contributed by atoms with van der Waals surface area (Å²) in [4.78, 5) is 16.3. The fourth-order valence-electron chi connectivity index (χ4n) is 1.73. The number of methoxy groups -OCH3 is 2. The van der Waals surface area contributed by atoms with Crippen molar-refractivity contribution in [3.05, 3.63) is 42.1 Å². The minimum absolute atomic E-state index is 0.316. The number of nitrogens with one attached hydrogen (secondary N) is 1. The molecule has 104 valence electrons. The standard InChI is InChI=1S/C14H15N3O3/c1-19-10-4-3-5-11(20-2)13(10)14(18)17-12-7-6-9(15)8-16-12/h3-8H,15H2,1-2H3,(H,16,17,18). The van der Waals surface area contributed by atoms with Gasteiger partial charge in [0.2, 0.25) is 0 Å². The van der Waals surface area contributed by atoms with Gasteiger partial charge < -0.3 is 20.5 Å². The average molecular weight is 273 g/mol. The number of aromatic nitrogens is 1. The van der Waals surface area contributed by atoms with Crippen LogP contribution in [-0.4, -0.2) is 25.1 Å². The van der Waals surface area contributed by atoms with Crippen LogP contribution in [0.25, 0.3) is 0 Å². The number of hydrogen-bond acceptors (Lipinski definition) is 5. The van der Waals surface area contributed by atoms with Crippen LogP contribution in [0.1, 0.15) is 10.4 Å². The van der Waals surface area contributed by atoms with Crippen LogP contribution >= 0.6 is 0 Å². The van der Waals surface area contributed by atoms with Crippen LogP contribution in [0, 0.1) is 0 Å². The Hall–Kier alpha value is -2.76. The van der Waals surface area contributed by atoms with E-state index in [0.717, 1.165) is 0 Å². The molecule has 0 saturated carbocycles. The predicted octanol–water partition coefficient (Wildman–Crippen LogP) is 1.93. The maximum absolute atomic E-state index is 12.3. The van der Waals surface area contributed by atoms with Gasteiger partial charge in [0.1, 0.15) is 22.9 Å². The van der Waals surface area contributed by atoms with Crippen molar-refractivity contribution in [1.82, 2.24) is 4.98 Å². The first-order chi connectivity index (χ1) is 9.65. The average Bonchev–Trinajstić information content (AvgIpc) is 2.48. The fraction of sp³-hybridized carbons (Fsp3) is 0.143. The molecule has 6 nitrogen and oxygen atoms in total. The molecule has 0 bridgehead atoms. The predicted molar refractivity (Wildman–Crippen MR) is 76.1 cm³/mol. The lowest BCUT2D eigenvalue weighted by Crippen LogP contribution is -2.15. The first-order valence-electron chi connectivity index (χ1n) is 5.89. The summed E-state index contributed by atoms with van der Waals surface area (Å²) >= 11 is 0. The van der Waals surface area contributed by atoms with Gasteiger partial charge in [0.05, 0.1) is 26.1 Å². The molecule has 0 spiro atoms. The molecule has 0 aliphatic rings. The van der Waals surface area contributed by atoms with Crippen molar-refractivity contribution < 1.29 is 14.3 Å². The molecule has 0 unspecified atom stereocenters. The molecule has 1 heterocycles. The second-order valence-electron chi connectivity index (χ2n) is 3.97. The van der Waals surface area contributed by atoms with Crippen LogP contribution in [0.2, 0.25) is 0 Å². The Morgan fingerprint density at radius 2 is 1.80 bits per heavy atom. The van der Waals surface area contributed by atoms with Crippen LogP contribution in [0.4, 0.5) is 11.5 Å². The van der Waals surface area contributed by atoms with Gasteiger partial charge in [-0.3, -0.25) is 4.79 Å². The monoisotopic (exact) mass is 273 g/mol. The van der Waals surface area contributed by atoms with Gasteiger partial charge in [-0.05, 0) is 24.3 Å². The molecule has 6 heteroatoms. The molecule has 1 aromatic heterocycles. The summed E-state index contributed by atoms with van der Waals surface area (Å²) in [5.41, 5.74) is 6.39. The summed E-state index contributed by atoms with van der Waals surface area (Å²) in [7, 11) is 2.99. The third kappa shape index (κ3) is 2.80. The van der Waals surface area contributed by atoms with E-state index in [9.17, 15) is 4.79 Å². The second kappa shape index (κ2) is 5.92. The molecule has 0 fully saturated rings. The summed E-state index contributed by atoms with van der Waals surface area (Å²) in [6.45, 7) is 0. The third-order valence-corrected chi connectivity index (χ3v) is 2.68. The normalized spacial score (nSPS) is 9.90. The minimum Gasteiger partial charge on any atom is -0.496 e. The van der Waals surface area contributed by atoms with E-state index in [1.807, 2.05) is 0 Å². The van der Waals surface area contributed by atoms with E-state index in [1.54, 1.807) is 30.3 Å². The number of nitrogens with zero attached hydrogens (tertiary/aromatic N) is 1. The van der Waals surface area contributed by atoms with E-state index >= 15 is 0 Å². The minimum atomic E-state index is -0.364. The van der Waals surface area contributed by atoms with E-state index in [1.165, 1.54) is 20.4 Å². The quantitative estimate of drug-likeness (QED) is 0.889. The van der Waals surface area contributed by atoms with Crippen molar-refractivity contribution in [2.45, 2.75) is 0 Å². The highest BCUT2D eigenvalue weighted by molar-refractivity contribution is 6.07. The Kier molecular flexibility index (Phi) is 4.05. The Labute approximate surface area is 116 Å². The second-order valence-corrected chi connectivity index (χ2v) is 3.97. The lowest BCUT2D eigenvalue weighted by atomic mass is 10.1. The van der Waals surface area contributed by atoms with Crippen molar-refractivity contribution in [1.29, 1.82) is 0 Å². The summed E-state index contributed by atoms with van der Waals surface area (Å²) in [5.74, 6) is 0.892. The highest BCUT2D eigenvalue weighted by Crippen LogP contribution is 2.28. The van der Waals surface area contributed by atoms with Gasteiger partial charge in [0.15, 0.2) is 0 Å². The molecule has 2 rings (SSSR count). The van der Waals surface area contributed by atoms with Gasteiger partial charge in [0.25, 0.3) is 5.91 Å². The number of ether oxygens (including phenoxy) is 2. The number of pyridine rings is 1. The van der Waals surface area contributed by atoms with Gasteiger partial charge in [0, 0.05) is 0 Å². The van der Waals surface area contributed by atoms with Crippen LogP contribution in [-0.2, 0) is 0 Å². The van der Waals surface area contributed by atoms with E-state index in [-0.39, 0.29) is 5.91 Å². The van der Waals surface area contributed by atoms with Crippen LogP contribution < -0.4 is 20.5 Å². The third-order valence-electron chi connectivity index (χ3n) is 2.68. The van der Waals surface area contributed by atoms with Crippen LogP contribution in [0.15, 0.2) is 36.5 Å². The maximum atomic E-state index is 12.3. The SMILES string of the molecule is COc1cccc(OC)c1C(=O)Nc1ccc(N)cn1. The highest BCUT2D eigenvalue weighted by atomic mass is 16.5. The zero-order valence-corrected chi connectivity index (χ0v) is 11.2. The van der Waals surface area contributed by atoms with E-state index in [4.69, 9.17) is 15.2 Å². The number of nitrogen functional groups attached to an aromatic ring is 1. The Morgan fingerprint density at radius 1 is 1.15 bits per heavy atom. The zero-order valence-electron chi connectivity index (χ0n) is 11.2. The van der Waals surface area contributed by atoms with Gasteiger partial charge in [-0.1, -0.05) is 6.07 Å². The van der Waals surface area contributed by atoms with Gasteiger partial charge in [-0.15, -0.1) is 0 Å². The topological polar surface area (TPSA) is 86.5 Å². The number of hydrogen-bond donors (Lipinski definition) is 2. The van der Waals surface area contributed by atoms with Crippen molar-refractivity contribution >= 4 is 17.4 Å². The molecule has 0 aliphatic heterocycles. The number of anilines is 2. The van der Waals surface area contributed by atoms with Crippen molar-refractivity contribution in [2.75, 3.05) is 25.3 Å². The lowest BCUT2D eigenvalue weighted by molar-refractivity contribution is 0.102. The zero-order chi connectivity index (χ0) is 14.5. The lowest BCUT2D eigenvalue weighted by Gasteiger charge is -2.12. The van der Waals surface area contributed by atoms with E-state index in [2.05, 4.69) is 10.3 Å². The van der Waals surface area contributed by atoms with Crippen molar-refractivity contribution in [2.24, 2.45) is 0 Å². The molecule has 0 radical (unpaired) electrons. The number of carbonyl (C=O) groups excluding carboxylic acids is 1. The first-order valence-corrected chi connectivity index (χ1v) is 5.89. The molecule has 1 aromatic carbocycles. The number of carbonyl (C=O) groups is 1. The molecule has 0 saturated heterocycles. The largest absolute Gasteiger partial charge is 0.496 e. The molecule has 1 amide bonds. The van der Waals surface area contributed by atoms with Gasteiger partial charge in [-0.2, -0.15) is 0 Å². The van der Waals surface area contributed by atoms with Crippen molar-refractivity contribution in [3.8, 4) is 11.5 Å². The summed E-state index contributed by atoms with van der Waals surface area (Å²) < 4.78 is 10.4. The number of benzene rings is 1. The Bertz CT molecular complexity index is 589. The Balaban J connectivity index is 2.31. The smallest absolute Gasteiger partial charge is 0.264 e. The first kappa shape index (κ1) is 13.7. The summed E-state index contributed by atoms with van der Waals surface area (Å²) in [5, 5.41) is 2.67. The highest BCUT2D eigenvalue weighted by Gasteiger charge is 2.18. The molecular formula is C14H15N3O3. The maximum Gasteiger partial charge on any atom is 0.264 e. The summed E-state index contributed by atoms with van der Waals surface area (Å²) in [6.07, 6.45) is 1.47. The molecule has 3 N–H and O–H groups in total. The van der Waals surface area contributed by atoms with E-state index < -0.39 is 0 Å². The van der Waals surface area contributed by atoms with Gasteiger partial charge in [-0.25, -0.2) is 4.98 Å². The number of nitrogens with two attached hydrogens (primary N) is 1. The molecule has 2 aromatic rings. The molecular weight excluding hydrogens is 258 g/mol.